The Bertz CT molecular complexity index is 1160. The zero-order chi connectivity index (χ0) is 21.0. The van der Waals surface area contributed by atoms with Crippen molar-refractivity contribution >= 4 is 55.7 Å². The maximum Gasteiger partial charge on any atom is 0.295 e. The molecule has 0 aliphatic heterocycles. The molecule has 0 amide bonds. The van der Waals surface area contributed by atoms with Crippen LogP contribution in [0.4, 0.5) is 17.1 Å². The molecule has 0 bridgehead atoms. The van der Waals surface area contributed by atoms with Crippen molar-refractivity contribution < 1.29 is 13.3 Å². The van der Waals surface area contributed by atoms with Crippen LogP contribution in [0.15, 0.2) is 70.0 Å². The van der Waals surface area contributed by atoms with Crippen molar-refractivity contribution in [2.75, 3.05) is 10.1 Å². The van der Waals surface area contributed by atoms with Gasteiger partial charge in [0.1, 0.15) is 5.69 Å². The van der Waals surface area contributed by atoms with E-state index in [9.17, 15) is 18.5 Å². The van der Waals surface area contributed by atoms with Crippen molar-refractivity contribution in [3.63, 3.8) is 0 Å². The summed E-state index contributed by atoms with van der Waals surface area (Å²) in [4.78, 5) is 11.5. The molecule has 0 saturated carbocycles. The number of hydrogen-bond acceptors (Lipinski definition) is 7. The van der Waals surface area contributed by atoms with Gasteiger partial charge in [-0.15, -0.1) is 11.3 Å². The van der Waals surface area contributed by atoms with E-state index in [1.165, 1.54) is 47.7 Å². The van der Waals surface area contributed by atoms with Crippen LogP contribution in [0.1, 0.15) is 11.8 Å². The molecule has 3 aromatic rings. The fourth-order valence-corrected chi connectivity index (χ4v) is 4.22. The number of anilines is 2. The lowest BCUT2D eigenvalue weighted by molar-refractivity contribution is -0.384. The second-order valence-corrected chi connectivity index (χ2v) is 8.90. The quantitative estimate of drug-likeness (QED) is 0.300. The Morgan fingerprint density at radius 3 is 2.52 bits per heavy atom. The molecule has 2 N–H and O–H groups in total. The second-order valence-electron chi connectivity index (χ2n) is 5.83. The minimum Gasteiger partial charge on any atom is -0.280 e. The minimum atomic E-state index is -4.03. The summed E-state index contributed by atoms with van der Waals surface area (Å²) in [5.74, 6) is 0. The van der Waals surface area contributed by atoms with E-state index in [-0.39, 0.29) is 16.3 Å². The van der Waals surface area contributed by atoms with Gasteiger partial charge >= 0.3 is 0 Å². The lowest BCUT2D eigenvalue weighted by Gasteiger charge is -2.10. The van der Waals surface area contributed by atoms with Crippen LogP contribution in [0.25, 0.3) is 0 Å². The number of hydrazone groups is 1. The van der Waals surface area contributed by atoms with Crippen LogP contribution in [0.2, 0.25) is 5.02 Å². The lowest BCUT2D eigenvalue weighted by atomic mass is 10.3. The zero-order valence-corrected chi connectivity index (χ0v) is 17.4. The van der Waals surface area contributed by atoms with E-state index in [0.717, 1.165) is 10.9 Å². The zero-order valence-electron chi connectivity index (χ0n) is 15.0. The Labute approximate surface area is 176 Å². The van der Waals surface area contributed by atoms with Gasteiger partial charge in [0.2, 0.25) is 0 Å². The molecule has 150 valence electrons. The van der Waals surface area contributed by atoms with Crippen molar-refractivity contribution in [2.24, 2.45) is 5.10 Å². The first-order valence-electron chi connectivity index (χ1n) is 8.17. The SMILES string of the molecule is CC(=NNc1ccc(S(=O)(=O)Nc2ccc(Cl)cc2)cc1[N+](=O)[O-])c1cccs1. The fraction of sp³-hybridized carbons (Fsp3) is 0.0556. The highest BCUT2D eigenvalue weighted by atomic mass is 35.5. The molecule has 11 heteroatoms. The topological polar surface area (TPSA) is 114 Å². The number of nitrogens with zero attached hydrogens (tertiary/aromatic N) is 2. The average Bonchev–Trinajstić information content (AvgIpc) is 3.22. The van der Waals surface area contributed by atoms with Crippen LogP contribution in [-0.2, 0) is 10.0 Å². The molecule has 2 aromatic carbocycles. The Hall–Kier alpha value is -2.95. The average molecular weight is 451 g/mol. The van der Waals surface area contributed by atoms with Gasteiger partial charge in [-0.1, -0.05) is 17.7 Å². The first-order chi connectivity index (χ1) is 13.8. The smallest absolute Gasteiger partial charge is 0.280 e. The number of sulfonamides is 1. The third kappa shape index (κ3) is 5.11. The summed E-state index contributed by atoms with van der Waals surface area (Å²) in [5, 5.41) is 18.0. The van der Waals surface area contributed by atoms with Gasteiger partial charge in [-0.3, -0.25) is 20.3 Å². The number of nitrogens with one attached hydrogen (secondary N) is 2. The molecular weight excluding hydrogens is 436 g/mol. The molecule has 0 aliphatic carbocycles. The Morgan fingerprint density at radius 1 is 1.17 bits per heavy atom. The van der Waals surface area contributed by atoms with Crippen molar-refractivity contribution in [3.05, 3.63) is 80.0 Å². The number of thiophene rings is 1. The van der Waals surface area contributed by atoms with Gasteiger partial charge in [-0.2, -0.15) is 5.10 Å². The normalized spacial score (nSPS) is 11.9. The summed E-state index contributed by atoms with van der Waals surface area (Å²) in [6.07, 6.45) is 0. The molecular formula is C18H15ClN4O4S2. The van der Waals surface area contributed by atoms with Crippen molar-refractivity contribution in [3.8, 4) is 0 Å². The fourth-order valence-electron chi connectivity index (χ4n) is 2.34. The van der Waals surface area contributed by atoms with Crippen molar-refractivity contribution in [1.82, 2.24) is 0 Å². The molecule has 0 saturated heterocycles. The molecule has 3 rings (SSSR count). The van der Waals surface area contributed by atoms with Gasteiger partial charge in [0.15, 0.2) is 0 Å². The van der Waals surface area contributed by atoms with Gasteiger partial charge < -0.3 is 0 Å². The monoisotopic (exact) mass is 450 g/mol. The summed E-state index contributed by atoms with van der Waals surface area (Å²) in [6, 6.07) is 13.3. The van der Waals surface area contributed by atoms with Gasteiger partial charge in [-0.25, -0.2) is 8.42 Å². The van der Waals surface area contributed by atoms with E-state index >= 15 is 0 Å². The predicted molar refractivity (Wildman–Crippen MR) is 116 cm³/mol. The Kier molecular flexibility index (Phi) is 6.16. The summed E-state index contributed by atoms with van der Waals surface area (Å²) in [7, 11) is -4.03. The van der Waals surface area contributed by atoms with Crippen LogP contribution in [0, 0.1) is 10.1 Å². The number of nitro benzene ring substituents is 1. The lowest BCUT2D eigenvalue weighted by Crippen LogP contribution is -2.13. The van der Waals surface area contributed by atoms with Gasteiger partial charge in [0.25, 0.3) is 15.7 Å². The molecule has 0 unspecified atom stereocenters. The largest absolute Gasteiger partial charge is 0.295 e. The third-order valence-corrected chi connectivity index (χ3v) is 6.40. The number of rotatable bonds is 7. The standard InChI is InChI=1S/C18H15ClN4O4S2/c1-12(18-3-2-10-28-18)20-21-16-9-8-15(11-17(16)23(24)25)29(26,27)22-14-6-4-13(19)5-7-14/h2-11,21-22H,1H3. The first-order valence-corrected chi connectivity index (χ1v) is 10.9. The Balaban J connectivity index is 1.88. The van der Waals surface area contributed by atoms with Crippen LogP contribution in [0.3, 0.4) is 0 Å². The maximum atomic E-state index is 12.6. The third-order valence-electron chi connectivity index (χ3n) is 3.79. The molecule has 0 fully saturated rings. The number of nitro groups is 1. The summed E-state index contributed by atoms with van der Waals surface area (Å²) in [5.41, 5.74) is 3.25. The highest BCUT2D eigenvalue weighted by molar-refractivity contribution is 7.92. The van der Waals surface area contributed by atoms with Gasteiger partial charge in [-0.05, 0) is 54.8 Å². The van der Waals surface area contributed by atoms with Crippen LogP contribution in [-0.4, -0.2) is 19.1 Å². The van der Waals surface area contributed by atoms with Gasteiger partial charge in [0.05, 0.1) is 15.5 Å². The molecule has 0 atom stereocenters. The molecule has 0 spiro atoms. The highest BCUT2D eigenvalue weighted by Gasteiger charge is 2.21. The summed E-state index contributed by atoms with van der Waals surface area (Å²) < 4.78 is 27.5. The van der Waals surface area contributed by atoms with Crippen LogP contribution >= 0.6 is 22.9 Å². The van der Waals surface area contributed by atoms with Crippen LogP contribution < -0.4 is 10.1 Å². The first kappa shape index (κ1) is 20.8. The molecule has 8 nitrogen and oxygen atoms in total. The van der Waals surface area contributed by atoms with Crippen molar-refractivity contribution in [1.29, 1.82) is 0 Å². The molecule has 29 heavy (non-hydrogen) atoms. The molecule has 1 heterocycles. The van der Waals surface area contributed by atoms with E-state index < -0.39 is 20.6 Å². The number of hydrogen-bond donors (Lipinski definition) is 2. The number of benzene rings is 2. The Morgan fingerprint density at radius 2 is 1.90 bits per heavy atom. The van der Waals surface area contributed by atoms with Gasteiger partial charge in [0, 0.05) is 21.7 Å². The highest BCUT2D eigenvalue weighted by Crippen LogP contribution is 2.29. The van der Waals surface area contributed by atoms with E-state index in [1.807, 2.05) is 17.5 Å². The van der Waals surface area contributed by atoms with Crippen LogP contribution in [0.5, 0.6) is 0 Å². The van der Waals surface area contributed by atoms with Crippen molar-refractivity contribution in [2.45, 2.75) is 11.8 Å². The van der Waals surface area contributed by atoms with E-state index in [4.69, 9.17) is 11.6 Å². The summed E-state index contributed by atoms with van der Waals surface area (Å²) >= 11 is 7.27. The summed E-state index contributed by atoms with van der Waals surface area (Å²) in [6.45, 7) is 1.76. The second kappa shape index (κ2) is 8.60. The van der Waals surface area contributed by atoms with E-state index in [1.54, 1.807) is 6.92 Å². The number of halogens is 1. The maximum absolute atomic E-state index is 12.6. The molecule has 1 aromatic heterocycles. The predicted octanol–water partition coefficient (Wildman–Crippen LogP) is 4.95. The van der Waals surface area contributed by atoms with E-state index in [2.05, 4.69) is 15.2 Å². The molecule has 0 aliphatic rings. The van der Waals surface area contributed by atoms with E-state index in [0.29, 0.717) is 10.7 Å². The molecule has 0 radical (unpaired) electrons. The minimum absolute atomic E-state index is 0.0800.